The Labute approximate surface area is 133 Å². The second kappa shape index (κ2) is 4.46. The van der Waals surface area contributed by atoms with E-state index in [9.17, 15) is 10.2 Å². The van der Waals surface area contributed by atoms with Crippen LogP contribution < -0.4 is 5.73 Å². The Hall–Kier alpha value is -0.640. The summed E-state index contributed by atoms with van der Waals surface area (Å²) in [6, 6.07) is -0.545. The lowest BCUT2D eigenvalue weighted by atomic mass is 9.51. The molecule has 122 valence electrons. The van der Waals surface area contributed by atoms with Gasteiger partial charge in [-0.25, -0.2) is 0 Å². The number of rotatable bonds is 0. The van der Waals surface area contributed by atoms with Crippen LogP contribution in [0.3, 0.4) is 0 Å². The van der Waals surface area contributed by atoms with Crippen LogP contribution in [-0.2, 0) is 0 Å². The van der Waals surface area contributed by atoms with Crippen molar-refractivity contribution in [3.63, 3.8) is 0 Å². The zero-order chi connectivity index (χ0) is 15.8. The Balaban J connectivity index is 1.77. The van der Waals surface area contributed by atoms with E-state index in [4.69, 9.17) is 5.73 Å². The predicted octanol–water partition coefficient (Wildman–Crippen LogP) is 2.88. The van der Waals surface area contributed by atoms with Crippen molar-refractivity contribution in [2.24, 2.45) is 28.4 Å². The van der Waals surface area contributed by atoms with E-state index >= 15 is 0 Å². The van der Waals surface area contributed by atoms with Crippen LogP contribution >= 0.6 is 0 Å². The molecule has 3 fully saturated rings. The largest absolute Gasteiger partial charge is 0.364 e. The third kappa shape index (κ3) is 1.73. The fourth-order valence-corrected chi connectivity index (χ4v) is 6.14. The molecule has 0 aliphatic heterocycles. The van der Waals surface area contributed by atoms with Crippen molar-refractivity contribution in [2.45, 2.75) is 70.6 Å². The average Bonchev–Trinajstić information content (AvgIpc) is 2.66. The Kier molecular flexibility index (Phi) is 3.03. The van der Waals surface area contributed by atoms with Gasteiger partial charge in [-0.3, -0.25) is 0 Å². The van der Waals surface area contributed by atoms with Gasteiger partial charge in [-0.15, -0.1) is 0 Å². The van der Waals surface area contributed by atoms with Crippen LogP contribution in [0.2, 0.25) is 0 Å². The maximum atomic E-state index is 10.3. The van der Waals surface area contributed by atoms with Gasteiger partial charge in [0.1, 0.15) is 0 Å². The summed E-state index contributed by atoms with van der Waals surface area (Å²) < 4.78 is 0. The second-order valence-electron chi connectivity index (χ2n) is 8.69. The average molecular weight is 303 g/mol. The van der Waals surface area contributed by atoms with E-state index in [2.05, 4.69) is 26.0 Å². The van der Waals surface area contributed by atoms with E-state index in [1.807, 2.05) is 0 Å². The predicted molar refractivity (Wildman–Crippen MR) is 86.8 cm³/mol. The van der Waals surface area contributed by atoms with Crippen LogP contribution in [-0.4, -0.2) is 22.0 Å². The number of nitrogens with two attached hydrogens (primary N) is 1. The molecule has 0 saturated heterocycles. The molecular formula is C19H29NO2. The van der Waals surface area contributed by atoms with Crippen LogP contribution in [0.1, 0.15) is 58.8 Å². The van der Waals surface area contributed by atoms with Gasteiger partial charge in [0.2, 0.25) is 0 Å². The minimum absolute atomic E-state index is 0.178. The molecule has 3 saturated carbocycles. The van der Waals surface area contributed by atoms with Crippen molar-refractivity contribution in [1.29, 1.82) is 0 Å². The maximum Gasteiger partial charge on any atom is 0.179 e. The highest BCUT2D eigenvalue weighted by molar-refractivity contribution is 5.39. The lowest BCUT2D eigenvalue weighted by Crippen LogP contribution is -2.53. The molecule has 4 rings (SSSR count). The summed E-state index contributed by atoms with van der Waals surface area (Å²) in [5.41, 5.74) is 9.43. The van der Waals surface area contributed by atoms with Crippen molar-refractivity contribution < 1.29 is 10.2 Å². The minimum atomic E-state index is -1.72. The van der Waals surface area contributed by atoms with Gasteiger partial charge in [0.15, 0.2) is 5.79 Å². The van der Waals surface area contributed by atoms with E-state index in [-0.39, 0.29) is 11.3 Å². The van der Waals surface area contributed by atoms with Crippen molar-refractivity contribution >= 4 is 0 Å². The van der Waals surface area contributed by atoms with E-state index in [1.54, 1.807) is 5.57 Å². The first kappa shape index (κ1) is 14.9. The molecule has 22 heavy (non-hydrogen) atoms. The lowest BCUT2D eigenvalue weighted by molar-refractivity contribution is -0.171. The number of fused-ring (bicyclic) bond motifs is 5. The third-order valence-electron chi connectivity index (χ3n) is 7.66. The van der Waals surface area contributed by atoms with Crippen molar-refractivity contribution in [3.8, 4) is 0 Å². The van der Waals surface area contributed by atoms with Gasteiger partial charge in [0.25, 0.3) is 0 Å². The number of hydrogen-bond acceptors (Lipinski definition) is 3. The Bertz CT molecular complexity index is 564. The second-order valence-corrected chi connectivity index (χ2v) is 8.69. The molecule has 4 aliphatic carbocycles. The number of aliphatic hydroxyl groups is 2. The van der Waals surface area contributed by atoms with Crippen LogP contribution in [0.5, 0.6) is 0 Å². The van der Waals surface area contributed by atoms with Crippen molar-refractivity contribution in [1.82, 2.24) is 0 Å². The summed E-state index contributed by atoms with van der Waals surface area (Å²) in [5.74, 6) is -0.924. The lowest BCUT2D eigenvalue weighted by Gasteiger charge is -2.53. The van der Waals surface area contributed by atoms with Crippen LogP contribution in [0.15, 0.2) is 23.3 Å². The molecule has 4 N–H and O–H groups in total. The van der Waals surface area contributed by atoms with E-state index in [0.717, 1.165) is 12.8 Å². The highest BCUT2D eigenvalue weighted by Crippen LogP contribution is 2.64. The third-order valence-corrected chi connectivity index (χ3v) is 7.66. The van der Waals surface area contributed by atoms with Crippen molar-refractivity contribution in [3.05, 3.63) is 23.3 Å². The standard InChI is InChI=1S/C19H29NO2/c1-17-9-4-3-5-12(17)6-7-13-14(17)8-10-18(2)15(13)11-19(21,22)16(18)20/h6-7,14-16,21-22H,3-5,8-11,20H2,1-2H3/t14-,15+,16?,17+,18+/m1/s1. The quantitative estimate of drug-likeness (QED) is 0.603. The van der Waals surface area contributed by atoms with Gasteiger partial charge < -0.3 is 15.9 Å². The van der Waals surface area contributed by atoms with Crippen LogP contribution in [0.25, 0.3) is 0 Å². The smallest absolute Gasteiger partial charge is 0.179 e. The fourth-order valence-electron chi connectivity index (χ4n) is 6.14. The van der Waals surface area contributed by atoms with Crippen LogP contribution in [0, 0.1) is 22.7 Å². The zero-order valence-electron chi connectivity index (χ0n) is 13.8. The van der Waals surface area contributed by atoms with Gasteiger partial charge in [-0.1, -0.05) is 43.6 Å². The summed E-state index contributed by atoms with van der Waals surface area (Å²) in [7, 11) is 0. The normalized spacial score (nSPS) is 49.6. The molecule has 1 unspecified atom stereocenters. The minimum Gasteiger partial charge on any atom is -0.364 e. The molecule has 0 aromatic heterocycles. The summed E-state index contributed by atoms with van der Waals surface area (Å²) in [4.78, 5) is 0. The van der Waals surface area contributed by atoms with E-state index < -0.39 is 11.8 Å². The monoisotopic (exact) mass is 303 g/mol. The molecule has 3 heteroatoms. The maximum absolute atomic E-state index is 10.3. The molecular weight excluding hydrogens is 274 g/mol. The molecule has 5 atom stereocenters. The molecule has 3 nitrogen and oxygen atoms in total. The van der Waals surface area contributed by atoms with E-state index in [0.29, 0.717) is 17.8 Å². The highest BCUT2D eigenvalue weighted by Gasteiger charge is 2.62. The molecule has 4 aliphatic rings. The Morgan fingerprint density at radius 2 is 1.86 bits per heavy atom. The van der Waals surface area contributed by atoms with Gasteiger partial charge >= 0.3 is 0 Å². The number of allylic oxidation sites excluding steroid dienone is 4. The first-order valence-electron chi connectivity index (χ1n) is 8.90. The summed E-state index contributed by atoms with van der Waals surface area (Å²) in [5, 5.41) is 20.7. The molecule has 0 aromatic carbocycles. The Morgan fingerprint density at radius 1 is 1.09 bits per heavy atom. The van der Waals surface area contributed by atoms with Crippen LogP contribution in [0.4, 0.5) is 0 Å². The fraction of sp³-hybridized carbons (Fsp3) is 0.789. The summed E-state index contributed by atoms with van der Waals surface area (Å²) in [6.45, 7) is 4.61. The Morgan fingerprint density at radius 3 is 2.64 bits per heavy atom. The van der Waals surface area contributed by atoms with Gasteiger partial charge in [-0.05, 0) is 54.8 Å². The highest BCUT2D eigenvalue weighted by atomic mass is 16.5. The molecule has 0 aromatic rings. The van der Waals surface area contributed by atoms with Gasteiger partial charge in [-0.2, -0.15) is 0 Å². The van der Waals surface area contributed by atoms with Gasteiger partial charge in [0, 0.05) is 6.42 Å². The molecule has 0 heterocycles. The molecule has 0 spiro atoms. The topological polar surface area (TPSA) is 66.5 Å². The molecule has 0 amide bonds. The summed E-state index contributed by atoms with van der Waals surface area (Å²) in [6.07, 6.45) is 12.3. The van der Waals surface area contributed by atoms with E-state index in [1.165, 1.54) is 31.3 Å². The zero-order valence-corrected chi connectivity index (χ0v) is 13.8. The SMILES string of the molecule is C[C@]12CCCCC1=CC=C1[C@H]2CC[C@]2(C)C(N)C(O)(O)C[C@@H]12. The van der Waals surface area contributed by atoms with Crippen molar-refractivity contribution in [2.75, 3.05) is 0 Å². The first-order chi connectivity index (χ1) is 10.3. The van der Waals surface area contributed by atoms with Gasteiger partial charge in [0.05, 0.1) is 6.04 Å². The first-order valence-corrected chi connectivity index (χ1v) is 8.90. The summed E-state index contributed by atoms with van der Waals surface area (Å²) >= 11 is 0. The molecule has 0 bridgehead atoms. The number of hydrogen-bond donors (Lipinski definition) is 3. The molecule has 0 radical (unpaired) electrons.